The number of aliphatic carboxylic acids is 1. The summed E-state index contributed by atoms with van der Waals surface area (Å²) in [6.07, 6.45) is 0.0406. The molecule has 0 aliphatic rings. The first kappa shape index (κ1) is 10.8. The Hall–Kier alpha value is -2.31. The lowest BCUT2D eigenvalue weighted by molar-refractivity contribution is -0.136. The van der Waals surface area contributed by atoms with Crippen LogP contribution in [0.25, 0.3) is 0 Å². The van der Waals surface area contributed by atoms with Gasteiger partial charge in [-0.3, -0.25) is 4.79 Å². The van der Waals surface area contributed by atoms with Gasteiger partial charge in [0, 0.05) is 0 Å². The van der Waals surface area contributed by atoms with Crippen molar-refractivity contribution in [2.75, 3.05) is 0 Å². The van der Waals surface area contributed by atoms with Crippen molar-refractivity contribution in [1.82, 2.24) is 0 Å². The van der Waals surface area contributed by atoms with E-state index in [2.05, 4.69) is 4.42 Å². The molecule has 0 atom stereocenters. The Morgan fingerprint density at radius 1 is 1.13 bits per heavy atom. The van der Waals surface area contributed by atoms with E-state index in [1.165, 1.54) is 0 Å². The highest BCUT2D eigenvalue weighted by molar-refractivity contribution is 6.02. The van der Waals surface area contributed by atoms with Crippen molar-refractivity contribution in [2.24, 2.45) is 0 Å². The van der Waals surface area contributed by atoms with Crippen LogP contribution in [0.1, 0.15) is 26.5 Å². The first-order valence-electron chi connectivity index (χ1n) is 3.72. The largest absolute Gasteiger partial charge is 0.481 e. The maximum Gasteiger partial charge on any atom is 0.340 e. The molecule has 1 aromatic rings. The number of carboxylic acid groups (broad SMARTS) is 3. The molecule has 0 unspecified atom stereocenters. The number of carboxylic acids is 3. The Balaban J connectivity index is 3.24. The second-order valence-corrected chi connectivity index (χ2v) is 2.63. The van der Waals surface area contributed by atoms with Crippen LogP contribution in [0, 0.1) is 0 Å². The average molecular weight is 214 g/mol. The Bertz CT molecular complexity index is 428. The van der Waals surface area contributed by atoms with Crippen LogP contribution < -0.4 is 0 Å². The predicted octanol–water partition coefficient (Wildman–Crippen LogP) is 0.303. The SMILES string of the molecule is O=C(O)Cc1occ(C(=O)O)c1C(=O)O. The molecule has 0 aromatic carbocycles. The fraction of sp³-hybridized carbons (Fsp3) is 0.125. The Morgan fingerprint density at radius 3 is 2.13 bits per heavy atom. The average Bonchev–Trinajstić information content (AvgIpc) is 2.46. The van der Waals surface area contributed by atoms with Gasteiger partial charge in [-0.25, -0.2) is 9.59 Å². The number of hydrogen-bond donors (Lipinski definition) is 3. The zero-order valence-corrected chi connectivity index (χ0v) is 7.26. The second kappa shape index (κ2) is 3.82. The summed E-state index contributed by atoms with van der Waals surface area (Å²) in [5, 5.41) is 25.7. The highest BCUT2D eigenvalue weighted by atomic mass is 16.4. The first-order chi connectivity index (χ1) is 6.93. The van der Waals surface area contributed by atoms with Gasteiger partial charge in [0.15, 0.2) is 0 Å². The van der Waals surface area contributed by atoms with Gasteiger partial charge in [-0.05, 0) is 0 Å². The minimum Gasteiger partial charge on any atom is -0.481 e. The van der Waals surface area contributed by atoms with Crippen molar-refractivity contribution in [3.8, 4) is 0 Å². The molecular formula is C8H6O7. The van der Waals surface area contributed by atoms with E-state index < -0.39 is 35.5 Å². The van der Waals surface area contributed by atoms with Crippen molar-refractivity contribution in [3.63, 3.8) is 0 Å². The van der Waals surface area contributed by atoms with Gasteiger partial charge in [0.25, 0.3) is 0 Å². The van der Waals surface area contributed by atoms with Gasteiger partial charge in [-0.2, -0.15) is 0 Å². The monoisotopic (exact) mass is 214 g/mol. The molecule has 1 aromatic heterocycles. The molecule has 1 rings (SSSR count). The number of rotatable bonds is 4. The van der Waals surface area contributed by atoms with E-state index in [4.69, 9.17) is 15.3 Å². The lowest BCUT2D eigenvalue weighted by Gasteiger charge is -1.95. The van der Waals surface area contributed by atoms with Crippen molar-refractivity contribution in [1.29, 1.82) is 0 Å². The Labute approximate surface area is 82.6 Å². The Morgan fingerprint density at radius 2 is 1.73 bits per heavy atom. The zero-order valence-electron chi connectivity index (χ0n) is 7.26. The van der Waals surface area contributed by atoms with Crippen molar-refractivity contribution in [3.05, 3.63) is 23.2 Å². The van der Waals surface area contributed by atoms with Gasteiger partial charge in [-0.1, -0.05) is 0 Å². The van der Waals surface area contributed by atoms with Crippen molar-refractivity contribution in [2.45, 2.75) is 6.42 Å². The normalized spacial score (nSPS) is 9.87. The maximum absolute atomic E-state index is 10.7. The van der Waals surface area contributed by atoms with Crippen LogP contribution in [0.5, 0.6) is 0 Å². The summed E-state index contributed by atoms with van der Waals surface area (Å²) >= 11 is 0. The fourth-order valence-corrected chi connectivity index (χ4v) is 1.06. The Kier molecular flexibility index (Phi) is 2.75. The number of aromatic carboxylic acids is 2. The quantitative estimate of drug-likeness (QED) is 0.658. The lowest BCUT2D eigenvalue weighted by Crippen LogP contribution is -2.09. The molecule has 0 radical (unpaired) electrons. The summed E-state index contributed by atoms with van der Waals surface area (Å²) in [6, 6.07) is 0. The van der Waals surface area contributed by atoms with Crippen LogP contribution in [0.2, 0.25) is 0 Å². The van der Waals surface area contributed by atoms with E-state index in [0.29, 0.717) is 6.26 Å². The number of furan rings is 1. The summed E-state index contributed by atoms with van der Waals surface area (Å²) in [4.78, 5) is 31.6. The first-order valence-corrected chi connectivity index (χ1v) is 3.72. The molecule has 0 saturated heterocycles. The molecule has 15 heavy (non-hydrogen) atoms. The van der Waals surface area contributed by atoms with E-state index in [1.807, 2.05) is 0 Å². The van der Waals surface area contributed by atoms with E-state index in [-0.39, 0.29) is 5.76 Å². The summed E-state index contributed by atoms with van der Waals surface area (Å²) in [7, 11) is 0. The van der Waals surface area contributed by atoms with E-state index in [0.717, 1.165) is 0 Å². The van der Waals surface area contributed by atoms with Crippen molar-refractivity contribution >= 4 is 17.9 Å². The third-order valence-electron chi connectivity index (χ3n) is 1.62. The highest BCUT2D eigenvalue weighted by Gasteiger charge is 2.25. The molecule has 3 N–H and O–H groups in total. The molecule has 7 heteroatoms. The minimum absolute atomic E-state index is 0.382. The van der Waals surface area contributed by atoms with Crippen LogP contribution in [0.4, 0.5) is 0 Å². The molecule has 0 bridgehead atoms. The molecule has 0 aliphatic heterocycles. The van der Waals surface area contributed by atoms with Crippen molar-refractivity contribution < 1.29 is 34.1 Å². The van der Waals surface area contributed by atoms with E-state index >= 15 is 0 Å². The van der Waals surface area contributed by atoms with Gasteiger partial charge >= 0.3 is 17.9 Å². The number of hydrogen-bond acceptors (Lipinski definition) is 4. The van der Waals surface area contributed by atoms with Gasteiger partial charge in [0.05, 0.1) is 0 Å². The highest BCUT2D eigenvalue weighted by Crippen LogP contribution is 2.18. The molecule has 1 heterocycles. The zero-order chi connectivity index (χ0) is 11.6. The van der Waals surface area contributed by atoms with Crippen LogP contribution in [-0.4, -0.2) is 33.2 Å². The van der Waals surface area contributed by atoms with Gasteiger partial charge in [0.2, 0.25) is 0 Å². The van der Waals surface area contributed by atoms with Gasteiger partial charge in [-0.15, -0.1) is 0 Å². The van der Waals surface area contributed by atoms with Crippen LogP contribution >= 0.6 is 0 Å². The molecule has 7 nitrogen and oxygen atoms in total. The molecule has 0 aliphatic carbocycles. The van der Waals surface area contributed by atoms with E-state index in [9.17, 15) is 14.4 Å². The summed E-state index contributed by atoms with van der Waals surface area (Å²) in [6.45, 7) is 0. The minimum atomic E-state index is -1.53. The molecule has 0 spiro atoms. The summed E-state index contributed by atoms with van der Waals surface area (Å²) in [5.41, 5.74) is -1.18. The maximum atomic E-state index is 10.7. The fourth-order valence-electron chi connectivity index (χ4n) is 1.06. The molecule has 0 fully saturated rings. The lowest BCUT2D eigenvalue weighted by atomic mass is 10.1. The third kappa shape index (κ3) is 2.13. The second-order valence-electron chi connectivity index (χ2n) is 2.63. The van der Waals surface area contributed by atoms with Gasteiger partial charge < -0.3 is 19.7 Å². The van der Waals surface area contributed by atoms with Gasteiger partial charge in [0.1, 0.15) is 29.6 Å². The van der Waals surface area contributed by atoms with Crippen LogP contribution in [0.15, 0.2) is 10.7 Å². The number of carbonyl (C=O) groups is 3. The topological polar surface area (TPSA) is 125 Å². The predicted molar refractivity (Wildman–Crippen MR) is 44.0 cm³/mol. The van der Waals surface area contributed by atoms with E-state index in [1.54, 1.807) is 0 Å². The summed E-state index contributed by atoms with van der Waals surface area (Å²) < 4.78 is 4.59. The van der Waals surface area contributed by atoms with Crippen LogP contribution in [-0.2, 0) is 11.2 Å². The van der Waals surface area contributed by atoms with Crippen LogP contribution in [0.3, 0.4) is 0 Å². The standard InChI is InChI=1S/C8H6O7/c9-5(10)1-4-6(8(13)14)3(2-15-4)7(11)12/h2H,1H2,(H,9,10)(H,11,12)(H,13,14). The molecule has 0 saturated carbocycles. The third-order valence-corrected chi connectivity index (χ3v) is 1.62. The molecular weight excluding hydrogens is 208 g/mol. The smallest absolute Gasteiger partial charge is 0.340 e. The molecule has 0 amide bonds. The summed E-state index contributed by atoms with van der Waals surface area (Å²) in [5.74, 6) is -4.69. The molecule has 80 valence electrons.